The molecule has 94 valence electrons. The van der Waals surface area contributed by atoms with E-state index in [1.165, 1.54) is 0 Å². The molecule has 0 saturated carbocycles. The van der Waals surface area contributed by atoms with Gasteiger partial charge in [-0.1, -0.05) is 12.1 Å². The maximum atomic E-state index is 11.7. The molecule has 0 bridgehead atoms. The van der Waals surface area contributed by atoms with Crippen molar-refractivity contribution in [3.05, 3.63) is 29.8 Å². The number of urea groups is 1. The van der Waals surface area contributed by atoms with E-state index < -0.39 is 18.8 Å². The van der Waals surface area contributed by atoms with Gasteiger partial charge in [0.1, 0.15) is 0 Å². The van der Waals surface area contributed by atoms with E-state index in [2.05, 4.69) is 10.2 Å². The Morgan fingerprint density at radius 2 is 2.12 bits per heavy atom. The van der Waals surface area contributed by atoms with E-state index in [-0.39, 0.29) is 0 Å². The number of benzene rings is 1. The van der Waals surface area contributed by atoms with Crippen LogP contribution in [0.5, 0.6) is 0 Å². The highest BCUT2D eigenvalue weighted by atomic mass is 19.4. The van der Waals surface area contributed by atoms with Crippen LogP contribution in [0.2, 0.25) is 0 Å². The van der Waals surface area contributed by atoms with Crippen LogP contribution in [-0.2, 0) is 4.84 Å². The first kappa shape index (κ1) is 13.3. The summed E-state index contributed by atoms with van der Waals surface area (Å²) < 4.78 is 35.1. The van der Waals surface area contributed by atoms with Gasteiger partial charge in [-0.3, -0.25) is 4.84 Å². The Labute approximate surface area is 95.7 Å². The van der Waals surface area contributed by atoms with Crippen molar-refractivity contribution in [3.8, 4) is 0 Å². The highest BCUT2D eigenvalue weighted by Gasteiger charge is 2.28. The molecule has 0 fully saturated rings. The first-order valence-electron chi connectivity index (χ1n) is 4.69. The monoisotopic (exact) mass is 248 g/mol. The predicted octanol–water partition coefficient (Wildman–Crippen LogP) is 2.61. The van der Waals surface area contributed by atoms with Crippen molar-refractivity contribution in [2.75, 3.05) is 11.9 Å². The number of hydroxylamine groups is 1. The molecule has 0 aromatic heterocycles. The average Bonchev–Trinajstić information content (AvgIpc) is 2.15. The SMILES string of the molecule is Cc1cccc(NC(=O)NOCC(F)(F)F)c1. The molecule has 0 spiro atoms. The van der Waals surface area contributed by atoms with Crippen LogP contribution >= 0.6 is 0 Å². The lowest BCUT2D eigenvalue weighted by molar-refractivity contribution is -0.183. The maximum absolute atomic E-state index is 11.7. The summed E-state index contributed by atoms with van der Waals surface area (Å²) in [5.41, 5.74) is 3.02. The second-order valence-corrected chi connectivity index (χ2v) is 3.33. The minimum Gasteiger partial charge on any atom is -0.306 e. The molecule has 7 heteroatoms. The number of alkyl halides is 3. The van der Waals surface area contributed by atoms with Crippen LogP contribution < -0.4 is 10.8 Å². The average molecular weight is 248 g/mol. The highest BCUT2D eigenvalue weighted by molar-refractivity contribution is 5.88. The molecule has 0 unspecified atom stereocenters. The molecule has 0 heterocycles. The van der Waals surface area contributed by atoms with Gasteiger partial charge in [-0.25, -0.2) is 10.3 Å². The Hall–Kier alpha value is -1.76. The third-order valence-corrected chi connectivity index (χ3v) is 1.68. The zero-order valence-electron chi connectivity index (χ0n) is 8.97. The Kier molecular flexibility index (Phi) is 4.33. The van der Waals surface area contributed by atoms with Crippen LogP contribution in [0.25, 0.3) is 0 Å². The van der Waals surface area contributed by atoms with Crippen molar-refractivity contribution < 1.29 is 22.8 Å². The van der Waals surface area contributed by atoms with Crippen molar-refractivity contribution in [2.24, 2.45) is 0 Å². The number of rotatable bonds is 3. The molecule has 0 atom stereocenters. The third kappa shape index (κ3) is 5.76. The number of nitrogens with one attached hydrogen (secondary N) is 2. The molecule has 0 aliphatic rings. The van der Waals surface area contributed by atoms with Gasteiger partial charge in [-0.05, 0) is 24.6 Å². The minimum absolute atomic E-state index is 0.470. The summed E-state index contributed by atoms with van der Waals surface area (Å²) in [6.45, 7) is 0.289. The van der Waals surface area contributed by atoms with Crippen molar-refractivity contribution in [1.82, 2.24) is 5.48 Å². The van der Waals surface area contributed by atoms with E-state index in [0.717, 1.165) is 5.56 Å². The topological polar surface area (TPSA) is 50.4 Å². The number of aryl methyl sites for hydroxylation is 1. The van der Waals surface area contributed by atoms with Crippen molar-refractivity contribution in [2.45, 2.75) is 13.1 Å². The van der Waals surface area contributed by atoms with E-state index in [0.29, 0.717) is 5.69 Å². The van der Waals surface area contributed by atoms with Gasteiger partial charge in [0, 0.05) is 5.69 Å². The standard InChI is InChI=1S/C10H11F3N2O2/c1-7-3-2-4-8(5-7)14-9(16)15-17-6-10(11,12)13/h2-5H,6H2,1H3,(H2,14,15,16). The van der Waals surface area contributed by atoms with Gasteiger partial charge in [-0.15, -0.1) is 0 Å². The quantitative estimate of drug-likeness (QED) is 0.808. The number of hydrogen-bond donors (Lipinski definition) is 2. The molecule has 1 rings (SSSR count). The maximum Gasteiger partial charge on any atom is 0.414 e. The van der Waals surface area contributed by atoms with Crippen LogP contribution in [0.3, 0.4) is 0 Å². The normalized spacial score (nSPS) is 11.1. The Morgan fingerprint density at radius 1 is 1.41 bits per heavy atom. The van der Waals surface area contributed by atoms with Gasteiger partial charge < -0.3 is 5.32 Å². The first-order valence-corrected chi connectivity index (χ1v) is 4.69. The highest BCUT2D eigenvalue weighted by Crippen LogP contribution is 2.13. The van der Waals surface area contributed by atoms with Crippen molar-refractivity contribution in [3.63, 3.8) is 0 Å². The van der Waals surface area contributed by atoms with E-state index in [4.69, 9.17) is 0 Å². The molecular formula is C10H11F3N2O2. The fraction of sp³-hybridized carbons (Fsp3) is 0.300. The summed E-state index contributed by atoms with van der Waals surface area (Å²) in [4.78, 5) is 15.1. The Balaban J connectivity index is 2.35. The lowest BCUT2D eigenvalue weighted by Crippen LogP contribution is -2.32. The molecule has 4 nitrogen and oxygen atoms in total. The number of hydrogen-bond acceptors (Lipinski definition) is 2. The first-order chi connectivity index (χ1) is 7.87. The van der Waals surface area contributed by atoms with Crippen LogP contribution in [0.1, 0.15) is 5.56 Å². The van der Waals surface area contributed by atoms with E-state index in [1.807, 2.05) is 13.0 Å². The van der Waals surface area contributed by atoms with Gasteiger partial charge >= 0.3 is 12.2 Å². The summed E-state index contributed by atoms with van der Waals surface area (Å²) in [5, 5.41) is 2.33. The lowest BCUT2D eigenvalue weighted by Gasteiger charge is -2.09. The summed E-state index contributed by atoms with van der Waals surface area (Å²) in [5.74, 6) is 0. The van der Waals surface area contributed by atoms with E-state index in [1.54, 1.807) is 23.7 Å². The predicted molar refractivity (Wildman–Crippen MR) is 55.3 cm³/mol. The zero-order valence-corrected chi connectivity index (χ0v) is 8.97. The molecule has 0 aliphatic carbocycles. The smallest absolute Gasteiger partial charge is 0.306 e. The van der Waals surface area contributed by atoms with Gasteiger partial charge in [0.2, 0.25) is 0 Å². The van der Waals surface area contributed by atoms with E-state index >= 15 is 0 Å². The number of carbonyl (C=O) groups excluding carboxylic acids is 1. The molecular weight excluding hydrogens is 237 g/mol. The van der Waals surface area contributed by atoms with Crippen LogP contribution in [0.4, 0.5) is 23.7 Å². The third-order valence-electron chi connectivity index (χ3n) is 1.68. The van der Waals surface area contributed by atoms with E-state index in [9.17, 15) is 18.0 Å². The molecule has 1 aromatic rings. The summed E-state index contributed by atoms with van der Waals surface area (Å²) in [6.07, 6.45) is -4.48. The van der Waals surface area contributed by atoms with Crippen molar-refractivity contribution in [1.29, 1.82) is 0 Å². The van der Waals surface area contributed by atoms with Crippen LogP contribution in [0.15, 0.2) is 24.3 Å². The summed E-state index contributed by atoms with van der Waals surface area (Å²) in [6, 6.07) is 5.95. The largest absolute Gasteiger partial charge is 0.414 e. The molecule has 1 aromatic carbocycles. The number of carbonyl (C=O) groups is 1. The summed E-state index contributed by atoms with van der Waals surface area (Å²) in [7, 11) is 0. The molecule has 0 radical (unpaired) electrons. The van der Waals surface area contributed by atoms with Gasteiger partial charge in [0.05, 0.1) is 0 Å². The van der Waals surface area contributed by atoms with Gasteiger partial charge in [0.25, 0.3) is 0 Å². The van der Waals surface area contributed by atoms with Crippen LogP contribution in [0, 0.1) is 6.92 Å². The summed E-state index contributed by atoms with van der Waals surface area (Å²) >= 11 is 0. The Morgan fingerprint density at radius 3 is 2.71 bits per heavy atom. The van der Waals surface area contributed by atoms with Gasteiger partial charge in [0.15, 0.2) is 6.61 Å². The molecule has 2 amide bonds. The number of amides is 2. The Bertz CT molecular complexity index is 393. The fourth-order valence-electron chi connectivity index (χ4n) is 1.06. The minimum atomic E-state index is -4.48. The zero-order chi connectivity index (χ0) is 12.9. The molecule has 0 saturated heterocycles. The molecule has 2 N–H and O–H groups in total. The molecule has 0 aliphatic heterocycles. The van der Waals surface area contributed by atoms with Crippen LogP contribution in [-0.4, -0.2) is 18.8 Å². The second kappa shape index (κ2) is 5.53. The molecule has 17 heavy (non-hydrogen) atoms. The lowest BCUT2D eigenvalue weighted by atomic mass is 10.2. The second-order valence-electron chi connectivity index (χ2n) is 3.33. The number of anilines is 1. The van der Waals surface area contributed by atoms with Gasteiger partial charge in [-0.2, -0.15) is 13.2 Å². The fourth-order valence-corrected chi connectivity index (χ4v) is 1.06. The number of halogens is 3. The van der Waals surface area contributed by atoms with Crippen molar-refractivity contribution >= 4 is 11.7 Å².